The highest BCUT2D eigenvalue weighted by atomic mass is 32.1. The molecule has 0 aliphatic heterocycles. The maximum Gasteiger partial charge on any atom is 0.159 e. The van der Waals surface area contributed by atoms with Crippen molar-refractivity contribution in [3.63, 3.8) is 0 Å². The molecule has 0 fully saturated rings. The summed E-state index contributed by atoms with van der Waals surface area (Å²) in [4.78, 5) is 9.54. The van der Waals surface area contributed by atoms with E-state index in [0.717, 1.165) is 22.5 Å². The minimum absolute atomic E-state index is 0.728. The Kier molecular flexibility index (Phi) is 6.26. The summed E-state index contributed by atoms with van der Waals surface area (Å²) in [5, 5.41) is 7.80. The van der Waals surface area contributed by atoms with Crippen LogP contribution in [0.1, 0.15) is 0 Å². The molecule has 4 heteroatoms. The number of thiophene rings is 2. The van der Waals surface area contributed by atoms with E-state index in [1.165, 1.54) is 73.4 Å². The van der Waals surface area contributed by atoms with Gasteiger partial charge in [-0.3, -0.25) is 0 Å². The van der Waals surface area contributed by atoms with Crippen LogP contribution in [0.5, 0.6) is 0 Å². The minimum Gasteiger partial charge on any atom is -0.236 e. The van der Waals surface area contributed by atoms with Crippen LogP contribution in [-0.2, 0) is 0 Å². The highest BCUT2D eigenvalue weighted by Gasteiger charge is 2.14. The second-order valence-corrected chi connectivity index (χ2v) is 14.4. The van der Waals surface area contributed by atoms with Crippen LogP contribution in [0.3, 0.4) is 0 Å². The maximum absolute atomic E-state index is 4.77. The monoisotopic (exact) mass is 646 g/mol. The van der Waals surface area contributed by atoms with Gasteiger partial charge in [-0.25, -0.2) is 9.97 Å². The van der Waals surface area contributed by atoms with E-state index < -0.39 is 0 Å². The second-order valence-electron chi connectivity index (χ2n) is 12.3. The molecule has 3 aromatic heterocycles. The summed E-state index contributed by atoms with van der Waals surface area (Å²) in [5.41, 5.74) is 7.96. The molecule has 0 aliphatic rings. The molecule has 0 saturated heterocycles. The molecule has 48 heavy (non-hydrogen) atoms. The Morgan fingerprint density at radius 1 is 0.333 bits per heavy atom. The molecule has 10 aromatic rings. The first-order chi connectivity index (χ1) is 23.7. The third-order valence-electron chi connectivity index (χ3n) is 9.36. The van der Waals surface area contributed by atoms with Crippen molar-refractivity contribution in [1.29, 1.82) is 0 Å². The molecular formula is C44H26N2S2. The Morgan fingerprint density at radius 2 is 0.792 bits per heavy atom. The van der Waals surface area contributed by atoms with Gasteiger partial charge in [0.15, 0.2) is 5.82 Å². The van der Waals surface area contributed by atoms with Crippen LogP contribution in [0.4, 0.5) is 0 Å². The Hall–Kier alpha value is -5.68. The highest BCUT2D eigenvalue weighted by molar-refractivity contribution is 7.36. The number of rotatable bonds is 4. The lowest BCUT2D eigenvalue weighted by Crippen LogP contribution is -1.90. The summed E-state index contributed by atoms with van der Waals surface area (Å²) >= 11 is 3.82. The molecule has 224 valence electrons. The summed E-state index contributed by atoms with van der Waals surface area (Å²) in [6.45, 7) is 0. The van der Waals surface area contributed by atoms with Gasteiger partial charge in [0.05, 0.1) is 9.40 Å². The zero-order chi connectivity index (χ0) is 31.6. The fourth-order valence-electron chi connectivity index (χ4n) is 6.79. The Bertz CT molecular complexity index is 2790. The normalized spacial score (nSPS) is 11.8. The first-order valence-electron chi connectivity index (χ1n) is 16.0. The molecule has 0 N–H and O–H groups in total. The van der Waals surface area contributed by atoms with Crippen LogP contribution in [-0.4, -0.2) is 9.97 Å². The molecule has 0 bridgehead atoms. The van der Waals surface area contributed by atoms with Crippen molar-refractivity contribution < 1.29 is 0 Å². The fourth-order valence-corrected chi connectivity index (χ4v) is 9.49. The van der Waals surface area contributed by atoms with Gasteiger partial charge in [0, 0.05) is 43.7 Å². The molecule has 0 aliphatic carbocycles. The lowest BCUT2D eigenvalue weighted by Gasteiger charge is -2.07. The zero-order valence-electron chi connectivity index (χ0n) is 25.7. The van der Waals surface area contributed by atoms with Gasteiger partial charge in [-0.2, -0.15) is 0 Å². The van der Waals surface area contributed by atoms with Gasteiger partial charge in [-0.1, -0.05) is 115 Å². The molecule has 2 nitrogen and oxygen atoms in total. The van der Waals surface area contributed by atoms with Gasteiger partial charge in [0.2, 0.25) is 0 Å². The molecule has 3 heterocycles. The lowest BCUT2D eigenvalue weighted by molar-refractivity contribution is 1.18. The topological polar surface area (TPSA) is 25.8 Å². The molecule has 0 spiro atoms. The summed E-state index contributed by atoms with van der Waals surface area (Å²) in [6.07, 6.45) is 3.88. The van der Waals surface area contributed by atoms with Crippen molar-refractivity contribution in [2.24, 2.45) is 0 Å². The van der Waals surface area contributed by atoms with E-state index in [1.807, 2.05) is 41.1 Å². The van der Waals surface area contributed by atoms with Gasteiger partial charge >= 0.3 is 0 Å². The number of aromatic nitrogens is 2. The van der Waals surface area contributed by atoms with E-state index >= 15 is 0 Å². The molecule has 0 saturated carbocycles. The van der Waals surface area contributed by atoms with Gasteiger partial charge in [-0.15, -0.1) is 22.7 Å². The average molecular weight is 647 g/mol. The van der Waals surface area contributed by atoms with E-state index in [1.54, 1.807) is 0 Å². The number of benzene rings is 7. The van der Waals surface area contributed by atoms with Crippen molar-refractivity contribution in [2.75, 3.05) is 0 Å². The van der Waals surface area contributed by atoms with Gasteiger partial charge in [0.1, 0.15) is 0 Å². The number of fused-ring (bicyclic) bond motifs is 7. The molecule has 10 rings (SSSR count). The van der Waals surface area contributed by atoms with E-state index in [9.17, 15) is 0 Å². The van der Waals surface area contributed by atoms with E-state index in [0.29, 0.717) is 0 Å². The highest BCUT2D eigenvalue weighted by Crippen LogP contribution is 2.46. The SMILES string of the molecule is c1ccc(-c2ccc(-c3ccc(-c4ncc(-c5ccc6cc7c(cc6c5)sc5c6cc8ccccc8cc6sc75)cn4)cc3)cc2)cc1. The fraction of sp³-hybridized carbons (Fsp3) is 0. The zero-order valence-corrected chi connectivity index (χ0v) is 27.4. The van der Waals surface area contributed by atoms with E-state index in [4.69, 9.17) is 9.97 Å². The largest absolute Gasteiger partial charge is 0.236 e. The van der Waals surface area contributed by atoms with E-state index in [2.05, 4.69) is 140 Å². The van der Waals surface area contributed by atoms with Crippen LogP contribution >= 0.6 is 22.7 Å². The molecule has 0 unspecified atom stereocenters. The summed E-state index contributed by atoms with van der Waals surface area (Å²) in [6, 6.07) is 52.5. The minimum atomic E-state index is 0.728. The lowest BCUT2D eigenvalue weighted by atomic mass is 9.99. The predicted molar refractivity (Wildman–Crippen MR) is 207 cm³/mol. The Labute approximate surface area is 285 Å². The van der Waals surface area contributed by atoms with Crippen molar-refractivity contribution in [1.82, 2.24) is 9.97 Å². The third kappa shape index (κ3) is 4.61. The average Bonchev–Trinajstić information content (AvgIpc) is 3.68. The molecular weight excluding hydrogens is 621 g/mol. The first-order valence-corrected chi connectivity index (χ1v) is 17.7. The molecule has 0 amide bonds. The van der Waals surface area contributed by atoms with Gasteiger partial charge in [0.25, 0.3) is 0 Å². The summed E-state index contributed by atoms with van der Waals surface area (Å²) in [5.74, 6) is 0.728. The third-order valence-corrected chi connectivity index (χ3v) is 11.9. The van der Waals surface area contributed by atoms with Crippen molar-refractivity contribution >= 4 is 73.8 Å². The maximum atomic E-state index is 4.77. The van der Waals surface area contributed by atoms with Crippen LogP contribution in [0.2, 0.25) is 0 Å². The standard InChI is InChI=1S/C44H26N2S2/c1-2-6-27(7-3-1)28-10-12-29(13-11-28)30-14-16-31(17-15-30)44-45-25-37(26-46-44)34-18-19-35-22-39-41(24-36(35)20-34)48-42-38-21-32-8-4-5-9-33(32)23-40(38)47-43(39)42/h1-26H. The van der Waals surface area contributed by atoms with Gasteiger partial charge in [-0.05, 0) is 79.7 Å². The van der Waals surface area contributed by atoms with Gasteiger partial charge < -0.3 is 0 Å². The van der Waals surface area contributed by atoms with Crippen molar-refractivity contribution in [2.45, 2.75) is 0 Å². The second kappa shape index (κ2) is 11.0. The number of hydrogen-bond donors (Lipinski definition) is 0. The number of nitrogens with zero attached hydrogens (tertiary/aromatic N) is 2. The smallest absolute Gasteiger partial charge is 0.159 e. The van der Waals surface area contributed by atoms with Crippen LogP contribution in [0.15, 0.2) is 158 Å². The van der Waals surface area contributed by atoms with Crippen molar-refractivity contribution in [3.05, 3.63) is 158 Å². The Balaban J connectivity index is 0.927. The van der Waals surface area contributed by atoms with Crippen LogP contribution in [0, 0.1) is 0 Å². The quantitative estimate of drug-likeness (QED) is 0.190. The van der Waals surface area contributed by atoms with Crippen LogP contribution in [0.25, 0.3) is 95.9 Å². The van der Waals surface area contributed by atoms with Crippen LogP contribution < -0.4 is 0 Å². The van der Waals surface area contributed by atoms with Crippen molar-refractivity contribution in [3.8, 4) is 44.8 Å². The summed E-state index contributed by atoms with van der Waals surface area (Å²) in [7, 11) is 0. The van der Waals surface area contributed by atoms with E-state index in [-0.39, 0.29) is 0 Å². The molecule has 0 radical (unpaired) electrons. The Morgan fingerprint density at radius 3 is 1.40 bits per heavy atom. The molecule has 0 atom stereocenters. The predicted octanol–water partition coefficient (Wildman–Crippen LogP) is 13.0. The first kappa shape index (κ1) is 27.4. The number of hydrogen-bond acceptors (Lipinski definition) is 4. The molecule has 7 aromatic carbocycles. The summed E-state index contributed by atoms with van der Waals surface area (Å²) < 4.78 is 5.48.